The molecule has 0 atom stereocenters. The Morgan fingerprint density at radius 2 is 2.11 bits per heavy atom. The molecule has 54 valence electrons. The molecule has 0 fully saturated rings. The highest BCUT2D eigenvalue weighted by Gasteiger charge is 2.22. The van der Waals surface area contributed by atoms with E-state index in [0.717, 1.165) is 0 Å². The van der Waals surface area contributed by atoms with Crippen LogP contribution in [-0.4, -0.2) is 18.3 Å². The lowest BCUT2D eigenvalue weighted by molar-refractivity contribution is 0.0235. The van der Waals surface area contributed by atoms with Crippen molar-refractivity contribution >= 4 is 5.84 Å². The average molecular weight is 132 g/mol. The van der Waals surface area contributed by atoms with Gasteiger partial charge in [-0.2, -0.15) is 0 Å². The monoisotopic (exact) mass is 132 g/mol. The van der Waals surface area contributed by atoms with Crippen LogP contribution in [0.15, 0.2) is 0 Å². The van der Waals surface area contributed by atoms with Crippen molar-refractivity contribution in [1.29, 1.82) is 5.41 Å². The van der Waals surface area contributed by atoms with Crippen molar-refractivity contribution in [2.75, 3.05) is 6.61 Å². The Balaban J connectivity index is 3.85. The molecular formula is C4H12N4O. The van der Waals surface area contributed by atoms with Gasteiger partial charge < -0.3 is 10.5 Å². The molecule has 0 rings (SSSR count). The van der Waals surface area contributed by atoms with Crippen molar-refractivity contribution in [2.45, 2.75) is 12.8 Å². The summed E-state index contributed by atoms with van der Waals surface area (Å²) in [5.74, 6) is -1.96. The summed E-state index contributed by atoms with van der Waals surface area (Å²) >= 11 is 0. The Kier molecular flexibility index (Phi) is 2.57. The highest BCUT2D eigenvalue weighted by atomic mass is 16.5. The maximum atomic E-state index is 6.80. The molecule has 0 aliphatic rings. The number of rotatable bonds is 3. The zero-order chi connectivity index (χ0) is 7.49. The fraction of sp³-hybridized carbons (Fsp3) is 0.750. The Hall–Kier alpha value is -0.650. The summed E-state index contributed by atoms with van der Waals surface area (Å²) in [6.45, 7) is 2.06. The number of hydrogen-bond acceptors (Lipinski definition) is 4. The molecule has 0 unspecified atom stereocenters. The van der Waals surface area contributed by atoms with Gasteiger partial charge in [0.1, 0.15) is 0 Å². The second-order valence-electron chi connectivity index (χ2n) is 1.64. The van der Waals surface area contributed by atoms with Gasteiger partial charge in [0.15, 0.2) is 5.84 Å². The van der Waals surface area contributed by atoms with Crippen LogP contribution in [0, 0.1) is 5.41 Å². The van der Waals surface area contributed by atoms with E-state index in [-0.39, 0.29) is 5.84 Å². The summed E-state index contributed by atoms with van der Waals surface area (Å²) in [5.41, 5.74) is 15.3. The van der Waals surface area contributed by atoms with E-state index in [4.69, 9.17) is 27.3 Å². The van der Waals surface area contributed by atoms with Crippen molar-refractivity contribution in [3.63, 3.8) is 0 Å². The van der Waals surface area contributed by atoms with E-state index in [0.29, 0.717) is 6.61 Å². The Morgan fingerprint density at radius 3 is 2.22 bits per heavy atom. The molecule has 0 aromatic heterocycles. The van der Waals surface area contributed by atoms with E-state index < -0.39 is 5.85 Å². The number of nitrogens with two attached hydrogens (primary N) is 3. The van der Waals surface area contributed by atoms with E-state index in [9.17, 15) is 0 Å². The SMILES string of the molecule is CCOC(N)(N)C(=N)N. The van der Waals surface area contributed by atoms with Crippen LogP contribution in [0.5, 0.6) is 0 Å². The molecular weight excluding hydrogens is 120 g/mol. The van der Waals surface area contributed by atoms with Crippen LogP contribution in [0.4, 0.5) is 0 Å². The first-order valence-corrected chi connectivity index (χ1v) is 2.57. The van der Waals surface area contributed by atoms with Crippen LogP contribution in [0.25, 0.3) is 0 Å². The molecule has 7 N–H and O–H groups in total. The van der Waals surface area contributed by atoms with Crippen LogP contribution in [0.3, 0.4) is 0 Å². The lowest BCUT2D eigenvalue weighted by atomic mass is 10.4. The molecule has 0 aromatic rings. The molecule has 5 nitrogen and oxygen atoms in total. The molecule has 0 aliphatic heterocycles. The lowest BCUT2D eigenvalue weighted by Crippen LogP contribution is -2.61. The maximum absolute atomic E-state index is 6.80. The summed E-state index contributed by atoms with van der Waals surface area (Å²) in [4.78, 5) is 0. The third kappa shape index (κ3) is 2.41. The predicted molar refractivity (Wildman–Crippen MR) is 34.6 cm³/mol. The number of hydrogen-bond donors (Lipinski definition) is 4. The van der Waals surface area contributed by atoms with Crippen molar-refractivity contribution in [3.8, 4) is 0 Å². The zero-order valence-corrected chi connectivity index (χ0v) is 5.35. The van der Waals surface area contributed by atoms with E-state index in [2.05, 4.69) is 0 Å². The minimum absolute atomic E-state index is 0.340. The smallest absolute Gasteiger partial charge is 0.229 e. The minimum atomic E-state index is -1.59. The van der Waals surface area contributed by atoms with Crippen molar-refractivity contribution in [2.24, 2.45) is 17.2 Å². The first-order valence-electron chi connectivity index (χ1n) is 2.57. The van der Waals surface area contributed by atoms with Gasteiger partial charge in [-0.05, 0) is 6.92 Å². The van der Waals surface area contributed by atoms with E-state index >= 15 is 0 Å². The quantitative estimate of drug-likeness (QED) is 0.213. The second kappa shape index (κ2) is 2.77. The van der Waals surface area contributed by atoms with Gasteiger partial charge in [-0.1, -0.05) is 0 Å². The summed E-state index contributed by atoms with van der Waals surface area (Å²) in [6, 6.07) is 0. The first-order chi connectivity index (χ1) is 4.00. The van der Waals surface area contributed by atoms with Crippen LogP contribution >= 0.6 is 0 Å². The van der Waals surface area contributed by atoms with Gasteiger partial charge in [0, 0.05) is 6.61 Å². The minimum Gasteiger partial charge on any atom is -0.383 e. The average Bonchev–Trinajstić information content (AvgIpc) is 1.65. The number of amidine groups is 1. The molecule has 0 saturated heterocycles. The van der Waals surface area contributed by atoms with Gasteiger partial charge in [-0.3, -0.25) is 16.9 Å². The molecule has 0 spiro atoms. The Morgan fingerprint density at radius 1 is 1.67 bits per heavy atom. The van der Waals surface area contributed by atoms with Gasteiger partial charge in [-0.25, -0.2) is 0 Å². The topological polar surface area (TPSA) is 111 Å². The summed E-state index contributed by atoms with van der Waals surface area (Å²) in [5, 5.41) is 6.80. The third-order valence-electron chi connectivity index (χ3n) is 0.804. The molecule has 0 radical (unpaired) electrons. The van der Waals surface area contributed by atoms with Crippen LogP contribution < -0.4 is 17.2 Å². The van der Waals surface area contributed by atoms with Crippen LogP contribution in [0.1, 0.15) is 6.92 Å². The standard InChI is InChI=1S/C4H12N4O/c1-2-9-4(7,8)3(5)6/h2,7-8H2,1H3,(H3,5,6). The van der Waals surface area contributed by atoms with Crippen LogP contribution in [0.2, 0.25) is 0 Å². The molecule has 9 heavy (non-hydrogen) atoms. The highest BCUT2D eigenvalue weighted by molar-refractivity contribution is 5.84. The largest absolute Gasteiger partial charge is 0.383 e. The van der Waals surface area contributed by atoms with Crippen molar-refractivity contribution < 1.29 is 4.74 Å². The number of nitrogens with one attached hydrogen (secondary N) is 1. The molecule has 5 heteroatoms. The van der Waals surface area contributed by atoms with E-state index in [1.807, 2.05) is 0 Å². The maximum Gasteiger partial charge on any atom is 0.229 e. The highest BCUT2D eigenvalue weighted by Crippen LogP contribution is 1.90. The lowest BCUT2D eigenvalue weighted by Gasteiger charge is -2.21. The molecule has 0 saturated carbocycles. The molecule has 0 aliphatic carbocycles. The molecule has 0 amide bonds. The zero-order valence-electron chi connectivity index (χ0n) is 5.35. The fourth-order valence-corrected chi connectivity index (χ4v) is 0.317. The normalized spacial score (nSPS) is 11.4. The predicted octanol–water partition coefficient (Wildman–Crippen LogP) is -1.47. The fourth-order valence-electron chi connectivity index (χ4n) is 0.317. The summed E-state index contributed by atoms with van der Waals surface area (Å²) in [6.07, 6.45) is 0. The van der Waals surface area contributed by atoms with Gasteiger partial charge in [-0.15, -0.1) is 0 Å². The Bertz CT molecular complexity index is 111. The van der Waals surface area contributed by atoms with Crippen molar-refractivity contribution in [3.05, 3.63) is 0 Å². The summed E-state index contributed by atoms with van der Waals surface area (Å²) in [7, 11) is 0. The third-order valence-corrected chi connectivity index (χ3v) is 0.804. The van der Waals surface area contributed by atoms with E-state index in [1.54, 1.807) is 6.92 Å². The molecule has 0 bridgehead atoms. The molecule has 0 aromatic carbocycles. The van der Waals surface area contributed by atoms with Crippen molar-refractivity contribution in [1.82, 2.24) is 0 Å². The van der Waals surface area contributed by atoms with Crippen LogP contribution in [-0.2, 0) is 4.74 Å². The molecule has 0 heterocycles. The van der Waals surface area contributed by atoms with Gasteiger partial charge in [0.05, 0.1) is 0 Å². The number of ether oxygens (including phenoxy) is 1. The van der Waals surface area contributed by atoms with Gasteiger partial charge in [0.2, 0.25) is 5.85 Å². The van der Waals surface area contributed by atoms with Gasteiger partial charge in [0.25, 0.3) is 0 Å². The van der Waals surface area contributed by atoms with Gasteiger partial charge >= 0.3 is 0 Å². The first kappa shape index (κ1) is 8.35. The second-order valence-corrected chi connectivity index (χ2v) is 1.64. The Labute approximate surface area is 53.7 Å². The summed E-state index contributed by atoms with van der Waals surface area (Å²) < 4.78 is 4.70. The van der Waals surface area contributed by atoms with E-state index in [1.165, 1.54) is 0 Å².